The molecule has 0 spiro atoms. The van der Waals surface area contributed by atoms with Gasteiger partial charge >= 0.3 is 0 Å². The third-order valence-corrected chi connectivity index (χ3v) is 3.93. The van der Waals surface area contributed by atoms with Gasteiger partial charge in [0.2, 0.25) is 0 Å². The van der Waals surface area contributed by atoms with Gasteiger partial charge in [-0.3, -0.25) is 0 Å². The molecule has 0 bridgehead atoms. The summed E-state index contributed by atoms with van der Waals surface area (Å²) in [6.45, 7) is 5.20. The van der Waals surface area contributed by atoms with Crippen LogP contribution in [0.2, 0.25) is 0 Å². The summed E-state index contributed by atoms with van der Waals surface area (Å²) in [5, 5.41) is 3.44. The number of rotatable bonds is 3. The largest absolute Gasteiger partial charge is 0.317 e. The van der Waals surface area contributed by atoms with Crippen molar-refractivity contribution in [3.63, 3.8) is 0 Å². The van der Waals surface area contributed by atoms with E-state index in [1.165, 1.54) is 58.3 Å². The molecule has 1 atom stereocenters. The summed E-state index contributed by atoms with van der Waals surface area (Å²) in [5.74, 6) is 2.04. The Balaban J connectivity index is 1.61. The lowest BCUT2D eigenvalue weighted by atomic mass is 9.89. The maximum absolute atomic E-state index is 3.44. The molecule has 0 amide bonds. The number of piperidine rings is 1. The number of hydrogen-bond donors (Lipinski definition) is 1. The topological polar surface area (TPSA) is 15.3 Å². The van der Waals surface area contributed by atoms with Crippen LogP contribution >= 0.6 is 0 Å². The van der Waals surface area contributed by atoms with Crippen LogP contribution < -0.4 is 5.32 Å². The van der Waals surface area contributed by atoms with E-state index in [4.69, 9.17) is 0 Å². The fourth-order valence-electron chi connectivity index (χ4n) is 2.90. The van der Waals surface area contributed by atoms with E-state index in [0.29, 0.717) is 0 Å². The van der Waals surface area contributed by atoms with Crippen LogP contribution in [0.25, 0.3) is 0 Å². The van der Waals surface area contributed by atoms with E-state index < -0.39 is 0 Å². The smallest absolute Gasteiger partial charge is 0.000709 e. The summed E-state index contributed by atoms with van der Waals surface area (Å²) in [6, 6.07) is 0. The lowest BCUT2D eigenvalue weighted by molar-refractivity contribution is 0.315. The SMILES string of the molecule is CN1CCC(CCC2CCNCC2)C1. The molecule has 0 aromatic rings. The molecule has 82 valence electrons. The van der Waals surface area contributed by atoms with Crippen molar-refractivity contribution < 1.29 is 0 Å². The van der Waals surface area contributed by atoms with E-state index in [1.807, 2.05) is 0 Å². The minimum Gasteiger partial charge on any atom is -0.317 e. The maximum atomic E-state index is 3.44. The number of nitrogens with one attached hydrogen (secondary N) is 1. The Kier molecular flexibility index (Phi) is 3.82. The second-order valence-electron chi connectivity index (χ2n) is 5.19. The fraction of sp³-hybridized carbons (Fsp3) is 1.00. The van der Waals surface area contributed by atoms with Crippen molar-refractivity contribution in [1.82, 2.24) is 10.2 Å². The zero-order valence-corrected chi connectivity index (χ0v) is 9.47. The van der Waals surface area contributed by atoms with Crippen LogP contribution in [0.4, 0.5) is 0 Å². The van der Waals surface area contributed by atoms with Crippen LogP contribution in [0.5, 0.6) is 0 Å². The normalized spacial score (nSPS) is 31.1. The molecule has 0 aliphatic carbocycles. The third kappa shape index (κ3) is 2.96. The Bertz CT molecular complexity index is 159. The lowest BCUT2D eigenvalue weighted by Gasteiger charge is -2.23. The minimum atomic E-state index is 1.01. The standard InChI is InChI=1S/C12H24N2/c1-14-9-6-12(10-14)3-2-11-4-7-13-8-5-11/h11-13H,2-10H2,1H3. The average Bonchev–Trinajstić information content (AvgIpc) is 2.63. The van der Waals surface area contributed by atoms with Gasteiger partial charge in [-0.1, -0.05) is 6.42 Å². The van der Waals surface area contributed by atoms with E-state index >= 15 is 0 Å². The number of likely N-dealkylation sites (tertiary alicyclic amines) is 1. The number of hydrogen-bond acceptors (Lipinski definition) is 2. The highest BCUT2D eigenvalue weighted by atomic mass is 15.1. The summed E-state index contributed by atoms with van der Waals surface area (Å²) in [6.07, 6.45) is 7.25. The second-order valence-corrected chi connectivity index (χ2v) is 5.19. The van der Waals surface area contributed by atoms with Gasteiger partial charge < -0.3 is 10.2 Å². The van der Waals surface area contributed by atoms with Gasteiger partial charge in [-0.15, -0.1) is 0 Å². The van der Waals surface area contributed by atoms with Crippen LogP contribution in [-0.4, -0.2) is 38.1 Å². The molecule has 2 fully saturated rings. The monoisotopic (exact) mass is 196 g/mol. The predicted octanol–water partition coefficient (Wildman–Crippen LogP) is 1.72. The van der Waals surface area contributed by atoms with Crippen LogP contribution in [0.1, 0.15) is 32.1 Å². The average molecular weight is 196 g/mol. The van der Waals surface area contributed by atoms with Crippen molar-refractivity contribution >= 4 is 0 Å². The predicted molar refractivity (Wildman–Crippen MR) is 60.4 cm³/mol. The Morgan fingerprint density at radius 1 is 1.07 bits per heavy atom. The molecule has 0 aromatic carbocycles. The highest BCUT2D eigenvalue weighted by Gasteiger charge is 2.21. The summed E-state index contributed by atoms with van der Waals surface area (Å²) < 4.78 is 0. The van der Waals surface area contributed by atoms with Gasteiger partial charge in [-0.2, -0.15) is 0 Å². The minimum absolute atomic E-state index is 1.01. The molecular weight excluding hydrogens is 172 g/mol. The summed E-state index contributed by atoms with van der Waals surface area (Å²) in [4.78, 5) is 2.48. The Labute approximate surface area is 88.1 Å². The first-order valence-electron chi connectivity index (χ1n) is 6.24. The molecule has 2 saturated heterocycles. The first-order chi connectivity index (χ1) is 6.84. The van der Waals surface area contributed by atoms with Crippen molar-refractivity contribution in [3.05, 3.63) is 0 Å². The van der Waals surface area contributed by atoms with Crippen molar-refractivity contribution in [1.29, 1.82) is 0 Å². The van der Waals surface area contributed by atoms with Crippen LogP contribution in [-0.2, 0) is 0 Å². The summed E-state index contributed by atoms with van der Waals surface area (Å²) in [7, 11) is 2.25. The molecule has 2 aliphatic rings. The zero-order chi connectivity index (χ0) is 9.80. The van der Waals surface area contributed by atoms with E-state index in [-0.39, 0.29) is 0 Å². The molecule has 1 unspecified atom stereocenters. The molecule has 2 rings (SSSR count). The Morgan fingerprint density at radius 2 is 1.79 bits per heavy atom. The molecule has 0 saturated carbocycles. The molecule has 2 nitrogen and oxygen atoms in total. The summed E-state index contributed by atoms with van der Waals surface area (Å²) >= 11 is 0. The fourth-order valence-corrected chi connectivity index (χ4v) is 2.90. The van der Waals surface area contributed by atoms with Gasteiger partial charge in [-0.05, 0) is 64.2 Å². The number of nitrogens with zero attached hydrogens (tertiary/aromatic N) is 1. The molecule has 1 N–H and O–H groups in total. The molecule has 0 radical (unpaired) electrons. The Hall–Kier alpha value is -0.0800. The lowest BCUT2D eigenvalue weighted by Crippen LogP contribution is -2.28. The zero-order valence-electron chi connectivity index (χ0n) is 9.47. The highest BCUT2D eigenvalue weighted by molar-refractivity contribution is 4.75. The quantitative estimate of drug-likeness (QED) is 0.739. The van der Waals surface area contributed by atoms with Crippen LogP contribution in [0.3, 0.4) is 0 Å². The molecule has 0 aromatic heterocycles. The first-order valence-corrected chi connectivity index (χ1v) is 6.24. The molecule has 2 heterocycles. The second kappa shape index (κ2) is 5.13. The van der Waals surface area contributed by atoms with Gasteiger partial charge in [0.1, 0.15) is 0 Å². The van der Waals surface area contributed by atoms with Gasteiger partial charge in [0, 0.05) is 6.54 Å². The van der Waals surface area contributed by atoms with Gasteiger partial charge in [-0.25, -0.2) is 0 Å². The highest BCUT2D eigenvalue weighted by Crippen LogP contribution is 2.25. The van der Waals surface area contributed by atoms with Crippen LogP contribution in [0, 0.1) is 11.8 Å². The first kappa shape index (κ1) is 10.4. The van der Waals surface area contributed by atoms with Crippen molar-refractivity contribution in [3.8, 4) is 0 Å². The maximum Gasteiger partial charge on any atom is 0.000709 e. The van der Waals surface area contributed by atoms with Gasteiger partial charge in [0.15, 0.2) is 0 Å². The van der Waals surface area contributed by atoms with E-state index in [1.54, 1.807) is 0 Å². The van der Waals surface area contributed by atoms with Gasteiger partial charge in [0.25, 0.3) is 0 Å². The van der Waals surface area contributed by atoms with Crippen LogP contribution in [0.15, 0.2) is 0 Å². The molecule has 2 aliphatic heterocycles. The van der Waals surface area contributed by atoms with E-state index in [9.17, 15) is 0 Å². The van der Waals surface area contributed by atoms with E-state index in [2.05, 4.69) is 17.3 Å². The summed E-state index contributed by atoms with van der Waals surface area (Å²) in [5.41, 5.74) is 0. The Morgan fingerprint density at radius 3 is 2.43 bits per heavy atom. The molecule has 14 heavy (non-hydrogen) atoms. The molecule has 2 heteroatoms. The van der Waals surface area contributed by atoms with Gasteiger partial charge in [0.05, 0.1) is 0 Å². The third-order valence-electron chi connectivity index (χ3n) is 3.93. The van der Waals surface area contributed by atoms with E-state index in [0.717, 1.165) is 11.8 Å². The molecular formula is C12H24N2. The van der Waals surface area contributed by atoms with Crippen molar-refractivity contribution in [2.24, 2.45) is 11.8 Å². The van der Waals surface area contributed by atoms with Crippen molar-refractivity contribution in [2.45, 2.75) is 32.1 Å². The van der Waals surface area contributed by atoms with Crippen molar-refractivity contribution in [2.75, 3.05) is 33.2 Å².